The molecule has 0 aliphatic carbocycles. The molecule has 2 N–H and O–H groups in total. The number of carboxylic acid groups (broad SMARTS) is 1. The van der Waals surface area contributed by atoms with Crippen LogP contribution in [0.5, 0.6) is 5.75 Å². The van der Waals surface area contributed by atoms with E-state index in [1.165, 1.54) is 6.07 Å². The standard InChI is InChI=1S/C13H16INO4/c1-8(2)15-12(16)5-6-19-11-4-3-9(14)7-10(11)13(17)18/h3-4,7-8H,5-6H2,1-2H3,(H,15,16)(H,17,18). The zero-order valence-corrected chi connectivity index (χ0v) is 12.9. The van der Waals surface area contributed by atoms with Crippen LogP contribution in [0.3, 0.4) is 0 Å². The first-order valence-corrected chi connectivity index (χ1v) is 6.93. The van der Waals surface area contributed by atoms with Crippen molar-refractivity contribution in [3.05, 3.63) is 27.3 Å². The zero-order valence-electron chi connectivity index (χ0n) is 10.8. The molecule has 19 heavy (non-hydrogen) atoms. The summed E-state index contributed by atoms with van der Waals surface area (Å²) in [6.07, 6.45) is 0.198. The third-order valence-electron chi connectivity index (χ3n) is 2.21. The summed E-state index contributed by atoms with van der Waals surface area (Å²) in [6, 6.07) is 4.98. The molecule has 0 spiro atoms. The van der Waals surface area contributed by atoms with Crippen molar-refractivity contribution in [1.82, 2.24) is 5.32 Å². The molecule has 0 heterocycles. The van der Waals surface area contributed by atoms with Crippen molar-refractivity contribution < 1.29 is 19.4 Å². The van der Waals surface area contributed by atoms with E-state index in [4.69, 9.17) is 9.84 Å². The largest absolute Gasteiger partial charge is 0.492 e. The first-order chi connectivity index (χ1) is 8.90. The van der Waals surface area contributed by atoms with Crippen molar-refractivity contribution in [2.45, 2.75) is 26.3 Å². The number of rotatable bonds is 6. The summed E-state index contributed by atoms with van der Waals surface area (Å²) in [5, 5.41) is 11.8. The number of ether oxygens (including phenoxy) is 1. The second-order valence-electron chi connectivity index (χ2n) is 4.27. The molecule has 1 aromatic carbocycles. The zero-order chi connectivity index (χ0) is 14.4. The van der Waals surface area contributed by atoms with E-state index in [0.717, 1.165) is 3.57 Å². The molecule has 5 nitrogen and oxygen atoms in total. The molecule has 0 saturated carbocycles. The van der Waals surface area contributed by atoms with Crippen LogP contribution in [0.1, 0.15) is 30.6 Å². The van der Waals surface area contributed by atoms with Gasteiger partial charge >= 0.3 is 5.97 Å². The maximum atomic E-state index is 11.4. The number of amides is 1. The lowest BCUT2D eigenvalue weighted by Gasteiger charge is -2.11. The van der Waals surface area contributed by atoms with Crippen LogP contribution in [-0.2, 0) is 4.79 Å². The summed E-state index contributed by atoms with van der Waals surface area (Å²) in [5.41, 5.74) is 0.108. The lowest BCUT2D eigenvalue weighted by atomic mass is 10.2. The van der Waals surface area contributed by atoms with Crippen molar-refractivity contribution >= 4 is 34.5 Å². The van der Waals surface area contributed by atoms with Gasteiger partial charge in [0.1, 0.15) is 11.3 Å². The van der Waals surface area contributed by atoms with Crippen molar-refractivity contribution in [2.75, 3.05) is 6.61 Å². The van der Waals surface area contributed by atoms with Crippen molar-refractivity contribution in [3.63, 3.8) is 0 Å². The first kappa shape index (κ1) is 15.7. The molecule has 0 aliphatic rings. The Balaban J connectivity index is 2.58. The number of aromatic carboxylic acids is 1. The maximum absolute atomic E-state index is 11.4. The normalized spacial score (nSPS) is 10.3. The van der Waals surface area contributed by atoms with E-state index in [2.05, 4.69) is 5.32 Å². The highest BCUT2D eigenvalue weighted by molar-refractivity contribution is 14.1. The van der Waals surface area contributed by atoms with Crippen LogP contribution in [-0.4, -0.2) is 29.6 Å². The molecule has 1 amide bonds. The summed E-state index contributed by atoms with van der Waals surface area (Å²) in [5.74, 6) is -0.872. The second-order valence-corrected chi connectivity index (χ2v) is 5.51. The van der Waals surface area contributed by atoms with Gasteiger partial charge in [0.05, 0.1) is 13.0 Å². The highest BCUT2D eigenvalue weighted by Crippen LogP contribution is 2.21. The number of benzene rings is 1. The molecule has 1 aromatic rings. The summed E-state index contributed by atoms with van der Waals surface area (Å²) in [4.78, 5) is 22.5. The first-order valence-electron chi connectivity index (χ1n) is 5.85. The van der Waals surface area contributed by atoms with Gasteiger partial charge in [0.25, 0.3) is 0 Å². The molecular formula is C13H16INO4. The minimum absolute atomic E-state index is 0.0837. The smallest absolute Gasteiger partial charge is 0.339 e. The van der Waals surface area contributed by atoms with E-state index in [-0.39, 0.29) is 36.3 Å². The molecule has 0 aromatic heterocycles. The molecule has 104 valence electrons. The lowest BCUT2D eigenvalue weighted by molar-refractivity contribution is -0.122. The molecule has 0 radical (unpaired) electrons. The third-order valence-corrected chi connectivity index (χ3v) is 2.88. The maximum Gasteiger partial charge on any atom is 0.339 e. The Morgan fingerprint density at radius 2 is 2.11 bits per heavy atom. The molecule has 0 aliphatic heterocycles. The van der Waals surface area contributed by atoms with Gasteiger partial charge in [-0.1, -0.05) is 0 Å². The number of halogens is 1. The van der Waals surface area contributed by atoms with Gasteiger partial charge in [-0.05, 0) is 54.6 Å². The Labute approximate surface area is 125 Å². The molecule has 1 rings (SSSR count). The highest BCUT2D eigenvalue weighted by atomic mass is 127. The third kappa shape index (κ3) is 5.46. The highest BCUT2D eigenvalue weighted by Gasteiger charge is 2.12. The number of carboxylic acids is 1. The van der Waals surface area contributed by atoms with E-state index < -0.39 is 5.97 Å². The fourth-order valence-corrected chi connectivity index (χ4v) is 1.93. The van der Waals surface area contributed by atoms with E-state index in [0.29, 0.717) is 0 Å². The van der Waals surface area contributed by atoms with Gasteiger partial charge in [-0.2, -0.15) is 0 Å². The van der Waals surface area contributed by atoms with E-state index in [9.17, 15) is 9.59 Å². The van der Waals surface area contributed by atoms with Crippen molar-refractivity contribution in [1.29, 1.82) is 0 Å². The minimum atomic E-state index is -1.04. The Morgan fingerprint density at radius 3 is 2.68 bits per heavy atom. The van der Waals surface area contributed by atoms with Gasteiger partial charge in [0.15, 0.2) is 0 Å². The Kier molecular flexibility index (Phi) is 6.07. The summed E-state index contributed by atoms with van der Waals surface area (Å²) in [6.45, 7) is 3.90. The van der Waals surface area contributed by atoms with Crippen LogP contribution in [0.25, 0.3) is 0 Å². The van der Waals surface area contributed by atoms with Crippen molar-refractivity contribution in [3.8, 4) is 5.75 Å². The molecule has 0 saturated heterocycles. The van der Waals surface area contributed by atoms with Gasteiger partial charge in [0, 0.05) is 9.61 Å². The molecule has 0 fully saturated rings. The van der Waals surface area contributed by atoms with Crippen LogP contribution in [0.2, 0.25) is 0 Å². The van der Waals surface area contributed by atoms with Gasteiger partial charge in [-0.15, -0.1) is 0 Å². The SMILES string of the molecule is CC(C)NC(=O)CCOc1ccc(I)cc1C(=O)O. The number of hydrogen-bond acceptors (Lipinski definition) is 3. The molecule has 6 heteroatoms. The number of hydrogen-bond donors (Lipinski definition) is 2. The Hall–Kier alpha value is -1.31. The summed E-state index contributed by atoms with van der Waals surface area (Å²) >= 11 is 2.03. The second kappa shape index (κ2) is 7.32. The van der Waals surface area contributed by atoms with Crippen LogP contribution in [0, 0.1) is 3.57 Å². The number of nitrogens with one attached hydrogen (secondary N) is 1. The quantitative estimate of drug-likeness (QED) is 0.746. The van der Waals surface area contributed by atoms with Gasteiger partial charge in [-0.25, -0.2) is 4.79 Å². The fourth-order valence-electron chi connectivity index (χ4n) is 1.44. The average Bonchev–Trinajstić information content (AvgIpc) is 2.29. The van der Waals surface area contributed by atoms with Gasteiger partial charge < -0.3 is 15.2 Å². The van der Waals surface area contributed by atoms with E-state index >= 15 is 0 Å². The van der Waals surface area contributed by atoms with Crippen LogP contribution in [0.4, 0.5) is 0 Å². The van der Waals surface area contributed by atoms with E-state index in [1.54, 1.807) is 12.1 Å². The minimum Gasteiger partial charge on any atom is -0.492 e. The lowest BCUT2D eigenvalue weighted by Crippen LogP contribution is -2.31. The van der Waals surface area contributed by atoms with Crippen molar-refractivity contribution in [2.24, 2.45) is 0 Å². The summed E-state index contributed by atoms with van der Waals surface area (Å²) < 4.78 is 6.18. The van der Waals surface area contributed by atoms with Crippen LogP contribution < -0.4 is 10.1 Å². The predicted octanol–water partition coefficient (Wildman–Crippen LogP) is 2.28. The molecule has 0 unspecified atom stereocenters. The van der Waals surface area contributed by atoms with Crippen LogP contribution in [0.15, 0.2) is 18.2 Å². The predicted molar refractivity (Wildman–Crippen MR) is 79.5 cm³/mol. The monoisotopic (exact) mass is 377 g/mol. The average molecular weight is 377 g/mol. The van der Waals surface area contributed by atoms with E-state index in [1.807, 2.05) is 36.4 Å². The van der Waals surface area contributed by atoms with Gasteiger partial charge in [-0.3, -0.25) is 4.79 Å². The van der Waals surface area contributed by atoms with Gasteiger partial charge in [0.2, 0.25) is 5.91 Å². The Morgan fingerprint density at radius 1 is 1.42 bits per heavy atom. The fraction of sp³-hybridized carbons (Fsp3) is 0.385. The topological polar surface area (TPSA) is 75.6 Å². The molecular weight excluding hydrogens is 361 g/mol. The molecule has 0 atom stereocenters. The number of carbonyl (C=O) groups excluding carboxylic acids is 1. The Bertz CT molecular complexity index is 474. The number of carbonyl (C=O) groups is 2. The summed E-state index contributed by atoms with van der Waals surface area (Å²) in [7, 11) is 0. The molecule has 0 bridgehead atoms. The van der Waals surface area contributed by atoms with Crippen LogP contribution >= 0.6 is 22.6 Å².